The lowest BCUT2D eigenvalue weighted by Crippen LogP contribution is -2.16. The maximum absolute atomic E-state index is 11.4. The molecule has 4 nitrogen and oxygen atoms in total. The summed E-state index contributed by atoms with van der Waals surface area (Å²) in [5.41, 5.74) is 8.37. The van der Waals surface area contributed by atoms with Gasteiger partial charge in [-0.05, 0) is 40.9 Å². The van der Waals surface area contributed by atoms with E-state index in [1.807, 2.05) is 26.1 Å². The highest BCUT2D eigenvalue weighted by Gasteiger charge is 2.17. The predicted octanol–water partition coefficient (Wildman–Crippen LogP) is 2.07. The molecule has 0 aromatic carbocycles. The van der Waals surface area contributed by atoms with E-state index in [1.54, 1.807) is 4.40 Å². The van der Waals surface area contributed by atoms with Gasteiger partial charge in [-0.2, -0.15) is 0 Å². The Kier molecular flexibility index (Phi) is 2.71. The Hall–Kier alpha value is -1.36. The molecule has 0 spiro atoms. The number of pyridine rings is 1. The Labute approximate surface area is 102 Å². The van der Waals surface area contributed by atoms with Crippen LogP contribution in [-0.4, -0.2) is 15.3 Å². The maximum Gasteiger partial charge on any atom is 0.267 e. The monoisotopic (exact) mass is 281 g/mol. The van der Waals surface area contributed by atoms with Crippen molar-refractivity contribution in [2.75, 3.05) is 0 Å². The van der Waals surface area contributed by atoms with Crippen LogP contribution in [0, 0.1) is 6.92 Å². The molecule has 1 amide bonds. The van der Waals surface area contributed by atoms with Crippen LogP contribution < -0.4 is 5.73 Å². The Morgan fingerprint density at radius 3 is 2.88 bits per heavy atom. The van der Waals surface area contributed by atoms with Crippen LogP contribution in [0.1, 0.15) is 28.7 Å². The molecular formula is C11H12BrN3O. The normalized spacial score (nSPS) is 10.9. The van der Waals surface area contributed by atoms with Crippen molar-refractivity contribution in [1.29, 1.82) is 0 Å². The molecule has 0 aliphatic carbocycles. The number of fused-ring (bicyclic) bond motifs is 1. The highest BCUT2D eigenvalue weighted by molar-refractivity contribution is 9.10. The number of amides is 1. The number of imidazole rings is 1. The molecule has 84 valence electrons. The Bertz CT molecular complexity index is 574. The summed E-state index contributed by atoms with van der Waals surface area (Å²) in [5.74, 6) is -0.443. The fraction of sp³-hybridized carbons (Fsp3) is 0.273. The number of rotatable bonds is 2. The lowest BCUT2D eigenvalue weighted by atomic mass is 10.2. The van der Waals surface area contributed by atoms with Crippen molar-refractivity contribution in [3.05, 3.63) is 33.7 Å². The molecule has 0 saturated carbocycles. The quantitative estimate of drug-likeness (QED) is 0.916. The van der Waals surface area contributed by atoms with E-state index >= 15 is 0 Å². The highest BCUT2D eigenvalue weighted by Crippen LogP contribution is 2.22. The number of nitrogens with zero attached hydrogens (tertiary/aromatic N) is 2. The third-order valence-corrected chi connectivity index (χ3v) is 3.04. The second-order valence-corrected chi connectivity index (χ2v) is 4.54. The van der Waals surface area contributed by atoms with E-state index in [9.17, 15) is 4.79 Å². The summed E-state index contributed by atoms with van der Waals surface area (Å²) in [6.45, 7) is 3.91. The average molecular weight is 282 g/mol. The zero-order valence-electron chi connectivity index (χ0n) is 9.12. The Morgan fingerprint density at radius 2 is 2.31 bits per heavy atom. The van der Waals surface area contributed by atoms with Crippen molar-refractivity contribution in [3.63, 3.8) is 0 Å². The van der Waals surface area contributed by atoms with Gasteiger partial charge >= 0.3 is 0 Å². The molecule has 5 heteroatoms. The number of hydrogen-bond acceptors (Lipinski definition) is 2. The molecule has 0 radical (unpaired) electrons. The minimum Gasteiger partial charge on any atom is -0.364 e. The molecule has 0 saturated heterocycles. The number of aryl methyl sites for hydroxylation is 2. The summed E-state index contributed by atoms with van der Waals surface area (Å²) in [7, 11) is 0. The van der Waals surface area contributed by atoms with E-state index in [2.05, 4.69) is 20.9 Å². The molecule has 0 atom stereocenters. The first-order chi connectivity index (χ1) is 7.54. The van der Waals surface area contributed by atoms with Gasteiger partial charge in [-0.1, -0.05) is 6.92 Å². The van der Waals surface area contributed by atoms with Crippen LogP contribution in [0.25, 0.3) is 5.65 Å². The van der Waals surface area contributed by atoms with E-state index in [-0.39, 0.29) is 0 Å². The summed E-state index contributed by atoms with van der Waals surface area (Å²) in [6.07, 6.45) is 2.55. The number of nitrogens with two attached hydrogens (primary N) is 1. The van der Waals surface area contributed by atoms with Crippen LogP contribution in [0.15, 0.2) is 16.7 Å². The fourth-order valence-corrected chi connectivity index (χ4v) is 2.43. The summed E-state index contributed by atoms with van der Waals surface area (Å²) < 4.78 is 2.62. The van der Waals surface area contributed by atoms with Crippen molar-refractivity contribution in [3.8, 4) is 0 Å². The van der Waals surface area contributed by atoms with Crippen molar-refractivity contribution in [1.82, 2.24) is 9.38 Å². The zero-order valence-corrected chi connectivity index (χ0v) is 10.7. The number of carbonyl (C=O) groups is 1. The lowest BCUT2D eigenvalue weighted by molar-refractivity contribution is 0.0994. The molecule has 2 heterocycles. The average Bonchev–Trinajstić information content (AvgIpc) is 2.56. The molecule has 0 bridgehead atoms. The molecule has 2 aromatic rings. The summed E-state index contributed by atoms with van der Waals surface area (Å²) >= 11 is 3.44. The SMILES string of the molecule is CCc1nc2c(Br)cc(C)cn2c1C(N)=O. The van der Waals surface area contributed by atoms with Gasteiger partial charge in [0.15, 0.2) is 5.65 Å². The first-order valence-electron chi connectivity index (χ1n) is 5.01. The van der Waals surface area contributed by atoms with Gasteiger partial charge in [0.25, 0.3) is 5.91 Å². The van der Waals surface area contributed by atoms with E-state index < -0.39 is 5.91 Å². The molecule has 2 rings (SSSR count). The highest BCUT2D eigenvalue weighted by atomic mass is 79.9. The molecule has 2 N–H and O–H groups in total. The van der Waals surface area contributed by atoms with Crippen LogP contribution in [0.2, 0.25) is 0 Å². The number of halogens is 1. The first-order valence-corrected chi connectivity index (χ1v) is 5.80. The van der Waals surface area contributed by atoms with Crippen molar-refractivity contribution < 1.29 is 4.79 Å². The van der Waals surface area contributed by atoms with E-state index in [0.717, 1.165) is 21.4 Å². The Morgan fingerprint density at radius 1 is 1.62 bits per heavy atom. The molecule has 0 unspecified atom stereocenters. The van der Waals surface area contributed by atoms with Gasteiger partial charge in [0, 0.05) is 6.20 Å². The van der Waals surface area contributed by atoms with Gasteiger partial charge in [0.1, 0.15) is 5.69 Å². The van der Waals surface area contributed by atoms with Gasteiger partial charge in [-0.25, -0.2) is 4.98 Å². The summed E-state index contributed by atoms with van der Waals surface area (Å²) in [4.78, 5) is 15.8. The standard InChI is InChI=1S/C11H12BrN3O/c1-3-8-9(10(13)16)15-5-6(2)4-7(12)11(15)14-8/h4-5H,3H2,1-2H3,(H2,13,16). The fourth-order valence-electron chi connectivity index (χ4n) is 1.79. The van der Waals surface area contributed by atoms with Crippen LogP contribution in [-0.2, 0) is 6.42 Å². The van der Waals surface area contributed by atoms with Crippen molar-refractivity contribution >= 4 is 27.5 Å². The van der Waals surface area contributed by atoms with Crippen LogP contribution in [0.5, 0.6) is 0 Å². The molecule has 0 aliphatic rings. The smallest absolute Gasteiger partial charge is 0.267 e. The third kappa shape index (κ3) is 1.61. The second kappa shape index (κ2) is 3.90. The van der Waals surface area contributed by atoms with Crippen LogP contribution in [0.3, 0.4) is 0 Å². The van der Waals surface area contributed by atoms with Crippen molar-refractivity contribution in [2.24, 2.45) is 5.73 Å². The van der Waals surface area contributed by atoms with E-state index in [4.69, 9.17) is 5.73 Å². The van der Waals surface area contributed by atoms with Crippen LogP contribution in [0.4, 0.5) is 0 Å². The topological polar surface area (TPSA) is 60.4 Å². The van der Waals surface area contributed by atoms with Gasteiger partial charge in [0.2, 0.25) is 0 Å². The van der Waals surface area contributed by atoms with Crippen LogP contribution >= 0.6 is 15.9 Å². The number of carbonyl (C=O) groups excluding carboxylic acids is 1. The Balaban J connectivity index is 2.89. The maximum atomic E-state index is 11.4. The third-order valence-electron chi connectivity index (χ3n) is 2.45. The molecule has 0 fully saturated rings. The zero-order chi connectivity index (χ0) is 11.9. The molecule has 2 aromatic heterocycles. The van der Waals surface area contributed by atoms with Crippen molar-refractivity contribution in [2.45, 2.75) is 20.3 Å². The molecular weight excluding hydrogens is 270 g/mol. The molecule has 16 heavy (non-hydrogen) atoms. The van der Waals surface area contributed by atoms with Gasteiger partial charge in [-0.3, -0.25) is 9.20 Å². The summed E-state index contributed by atoms with van der Waals surface area (Å²) in [6, 6.07) is 1.96. The molecule has 0 aliphatic heterocycles. The predicted molar refractivity (Wildman–Crippen MR) is 65.5 cm³/mol. The first kappa shape index (κ1) is 11.1. The van der Waals surface area contributed by atoms with Gasteiger partial charge < -0.3 is 5.73 Å². The summed E-state index contributed by atoms with van der Waals surface area (Å²) in [5, 5.41) is 0. The van der Waals surface area contributed by atoms with E-state index in [0.29, 0.717) is 12.1 Å². The van der Waals surface area contributed by atoms with Gasteiger partial charge in [-0.15, -0.1) is 0 Å². The second-order valence-electron chi connectivity index (χ2n) is 3.68. The van der Waals surface area contributed by atoms with E-state index in [1.165, 1.54) is 0 Å². The number of hydrogen-bond donors (Lipinski definition) is 1. The largest absolute Gasteiger partial charge is 0.364 e. The van der Waals surface area contributed by atoms with Gasteiger partial charge in [0.05, 0.1) is 10.2 Å². The minimum absolute atomic E-state index is 0.443. The number of primary amides is 1. The number of aromatic nitrogens is 2. The minimum atomic E-state index is -0.443. The lowest BCUT2D eigenvalue weighted by Gasteiger charge is -2.02.